The minimum Gasteiger partial charge on any atom is -0.753 e. The Hall–Kier alpha value is -7.32. The smallest absolute Gasteiger partial charge is 0.753 e. The number of carboxylic acids is 2. The molecular formula is C50H34N8O4RuS4. The molecule has 0 radical (unpaired) electrons. The van der Waals surface area contributed by atoms with Crippen molar-refractivity contribution < 1.29 is 39.3 Å². The first-order valence-corrected chi connectivity index (χ1v) is 22.3. The van der Waals surface area contributed by atoms with Gasteiger partial charge in [-0.05, 0) is 107 Å². The molecule has 0 spiro atoms. The number of rotatable bonds is 9. The first kappa shape index (κ1) is 49.1. The van der Waals surface area contributed by atoms with Gasteiger partial charge in [0.15, 0.2) is 0 Å². The van der Waals surface area contributed by atoms with Gasteiger partial charge >= 0.3 is 31.4 Å². The second-order valence-corrected chi connectivity index (χ2v) is 16.4. The molecule has 2 N–H and O–H groups in total. The maximum Gasteiger partial charge on any atom is 2.00 e. The number of benzene rings is 2. The molecule has 0 saturated carbocycles. The van der Waals surface area contributed by atoms with Crippen LogP contribution < -0.4 is 0 Å². The number of pyridine rings is 4. The van der Waals surface area contributed by atoms with E-state index in [9.17, 15) is 14.7 Å². The Labute approximate surface area is 415 Å². The number of fused-ring (bicyclic) bond motifs is 6. The van der Waals surface area contributed by atoms with Gasteiger partial charge < -0.3 is 30.2 Å². The summed E-state index contributed by atoms with van der Waals surface area (Å²) >= 11 is 10.8. The molecule has 67 heavy (non-hydrogen) atoms. The molecule has 0 atom stereocenters. The average molecular weight is 1040 g/mol. The van der Waals surface area contributed by atoms with Crippen molar-refractivity contribution in [3.8, 4) is 22.8 Å². The van der Waals surface area contributed by atoms with Gasteiger partial charge in [0.25, 0.3) is 0 Å². The summed E-state index contributed by atoms with van der Waals surface area (Å²) in [6.45, 7) is -0.144. The quantitative estimate of drug-likeness (QED) is 0.0802. The summed E-state index contributed by atoms with van der Waals surface area (Å²) in [5, 5.41) is 43.8. The van der Waals surface area contributed by atoms with E-state index in [1.165, 1.54) is 38.4 Å². The topological polar surface area (TPSA) is 181 Å². The van der Waals surface area contributed by atoms with Gasteiger partial charge in [0, 0.05) is 61.8 Å². The van der Waals surface area contributed by atoms with E-state index in [1.54, 1.807) is 47.2 Å². The van der Waals surface area contributed by atoms with E-state index in [1.807, 2.05) is 41.1 Å². The fourth-order valence-corrected chi connectivity index (χ4v) is 8.51. The van der Waals surface area contributed by atoms with Crippen LogP contribution in [0.15, 0.2) is 139 Å². The third-order valence-electron chi connectivity index (χ3n) is 10.1. The maximum atomic E-state index is 11.8. The van der Waals surface area contributed by atoms with Crippen LogP contribution in [0.1, 0.15) is 31.2 Å². The molecule has 0 bridgehead atoms. The van der Waals surface area contributed by atoms with Crippen molar-refractivity contribution in [1.82, 2.24) is 29.1 Å². The zero-order chi connectivity index (χ0) is 46.6. The van der Waals surface area contributed by atoms with Crippen LogP contribution in [0.2, 0.25) is 0 Å². The minimum atomic E-state index is -0.963. The molecule has 0 amide bonds. The zero-order valence-electron chi connectivity index (χ0n) is 35.1. The third-order valence-corrected chi connectivity index (χ3v) is 11.8. The first-order chi connectivity index (χ1) is 32.1. The van der Waals surface area contributed by atoms with E-state index in [4.69, 9.17) is 25.9 Å². The van der Waals surface area contributed by atoms with Gasteiger partial charge in [-0.1, -0.05) is 66.9 Å². The Kier molecular flexibility index (Phi) is 17.0. The van der Waals surface area contributed by atoms with Crippen molar-refractivity contribution in [3.63, 3.8) is 0 Å². The van der Waals surface area contributed by atoms with Crippen LogP contribution in [0.25, 0.3) is 102 Å². The molecule has 0 aliphatic rings. The largest absolute Gasteiger partial charge is 2.00 e. The molecule has 8 aromatic heterocycles. The van der Waals surface area contributed by atoms with Crippen molar-refractivity contribution >= 4 is 137 Å². The van der Waals surface area contributed by atoms with E-state index in [-0.39, 0.29) is 31.6 Å². The average Bonchev–Trinajstić information content (AvgIpc) is 4.16. The maximum absolute atomic E-state index is 11.8. The van der Waals surface area contributed by atoms with Crippen LogP contribution in [0.5, 0.6) is 0 Å². The van der Waals surface area contributed by atoms with Crippen LogP contribution in [-0.2, 0) is 37.9 Å². The molecular weight excluding hydrogens is 1010 g/mol. The van der Waals surface area contributed by atoms with E-state index < -0.39 is 11.9 Å². The number of carboxylic acid groups (broad SMARTS) is 2. The predicted molar refractivity (Wildman–Crippen MR) is 275 cm³/mol. The van der Waals surface area contributed by atoms with Gasteiger partial charge in [0.1, 0.15) is 6.54 Å². The van der Waals surface area contributed by atoms with Crippen LogP contribution in [0.3, 0.4) is 0 Å². The summed E-state index contributed by atoms with van der Waals surface area (Å²) in [7, 11) is 2.07. The number of nitrogens with zero attached hydrogens (tertiary/aromatic N) is 8. The van der Waals surface area contributed by atoms with Crippen LogP contribution in [-0.4, -0.2) is 61.5 Å². The summed E-state index contributed by atoms with van der Waals surface area (Å²) in [5.74, 6) is -1.86. The van der Waals surface area contributed by atoms with Crippen molar-refractivity contribution in [2.24, 2.45) is 7.05 Å². The first-order valence-electron chi connectivity index (χ1n) is 19.7. The van der Waals surface area contributed by atoms with E-state index in [0.29, 0.717) is 11.4 Å². The number of isothiocyanates is 2. The van der Waals surface area contributed by atoms with E-state index >= 15 is 0 Å². The van der Waals surface area contributed by atoms with Crippen molar-refractivity contribution in [2.75, 3.05) is 0 Å². The van der Waals surface area contributed by atoms with Gasteiger partial charge in [-0.15, -0.1) is 22.7 Å². The Morgan fingerprint density at radius 1 is 0.612 bits per heavy atom. The molecule has 0 unspecified atom stereocenters. The number of aromatic nitrogens is 6. The molecule has 10 aromatic rings. The zero-order valence-corrected chi connectivity index (χ0v) is 40.1. The number of aliphatic carboxylic acids is 1. The van der Waals surface area contributed by atoms with Crippen molar-refractivity contribution in [3.05, 3.63) is 176 Å². The Bertz CT molecular complexity index is 3470. The van der Waals surface area contributed by atoms with Crippen LogP contribution >= 0.6 is 47.1 Å². The van der Waals surface area contributed by atoms with Gasteiger partial charge in [0.2, 0.25) is 0 Å². The normalized spacial score (nSPS) is 10.6. The van der Waals surface area contributed by atoms with E-state index in [0.717, 1.165) is 66.1 Å². The number of hydrogen-bond donors (Lipinski definition) is 2. The predicted octanol–water partition coefficient (Wildman–Crippen LogP) is 12.6. The molecule has 17 heteroatoms. The Morgan fingerprint density at radius 3 is 1.67 bits per heavy atom. The van der Waals surface area contributed by atoms with Crippen LogP contribution in [0, 0.1) is 0 Å². The minimum absolute atomic E-state index is 0. The molecule has 0 saturated heterocycles. The Morgan fingerprint density at radius 2 is 1.13 bits per heavy atom. The molecule has 0 aliphatic heterocycles. The van der Waals surface area contributed by atoms with Crippen LogP contribution in [0.4, 0.5) is 0 Å². The number of aryl methyl sites for hydroxylation is 1. The monoisotopic (exact) mass is 1040 g/mol. The van der Waals surface area contributed by atoms with Gasteiger partial charge in [-0.25, -0.2) is 4.79 Å². The van der Waals surface area contributed by atoms with Gasteiger partial charge in [-0.3, -0.25) is 24.7 Å². The SMILES string of the molecule is Cn1c2ccc(/C=C/c3cccs3)cc2c2cc(-c3cc4c5cc(/C=C/c6cccs6)ccc5n(CC(=O)O)c4cn3)ncc21.O=C(O)c1ccnc(-c2ccccn2)c1.[N-]=C=S.[N-]=C=S.[Ru+2]. The van der Waals surface area contributed by atoms with Crippen molar-refractivity contribution in [1.29, 1.82) is 0 Å². The molecule has 8 heterocycles. The van der Waals surface area contributed by atoms with Crippen molar-refractivity contribution in [2.45, 2.75) is 6.54 Å². The number of thiocarbonyl (C=S) groups is 2. The summed E-state index contributed by atoms with van der Waals surface area (Å²) < 4.78 is 4.00. The second kappa shape index (κ2) is 23.2. The molecule has 12 nitrogen and oxygen atoms in total. The molecule has 0 fully saturated rings. The summed E-state index contributed by atoms with van der Waals surface area (Å²) in [4.78, 5) is 42.8. The molecule has 2 aromatic carbocycles. The molecule has 0 aliphatic carbocycles. The van der Waals surface area contributed by atoms with E-state index in [2.05, 4.69) is 130 Å². The number of aromatic carboxylic acids is 1. The second-order valence-electron chi connectivity index (χ2n) is 14.1. The summed E-state index contributed by atoms with van der Waals surface area (Å²) in [6, 6.07) is 33.5. The van der Waals surface area contributed by atoms with Gasteiger partial charge in [0.05, 0.1) is 51.8 Å². The van der Waals surface area contributed by atoms with Gasteiger partial charge in [-0.2, -0.15) is 10.3 Å². The summed E-state index contributed by atoms with van der Waals surface area (Å²) in [5.41, 5.74) is 8.97. The standard InChI is InChI=1S/C37H26N4O2S2.C11H8N2O2.2CNS.Ru/c1-40-33-12-8-23(6-10-25-4-2-14-44-25)16-27(33)29-18-31(38-20-35(29)40)32-19-30-28-17-24(7-11-26-5-3-15-45-26)9-13-34(28)41(22-37(42)43)36(30)21-39-32;14-11(15)8-4-6-13-10(7-8)9-3-1-2-5-12-9;2*2-1-3;/h2-21H,22H2,1H3,(H,42,43);1-7H,(H,14,15);;;/q;;2*-1;+2/b10-6+,11-7+;;;;. The number of thiophene rings is 2. The third kappa shape index (κ3) is 11.7. The fourth-order valence-electron chi connectivity index (χ4n) is 7.28. The Balaban J connectivity index is 0.000000281. The fraction of sp³-hybridized carbons (Fsp3) is 0.0400. The number of hydrogen-bond acceptors (Lipinski definition) is 10. The number of carbonyl (C=O) groups is 2. The molecule has 330 valence electrons. The molecule has 10 rings (SSSR count). The summed E-state index contributed by atoms with van der Waals surface area (Å²) in [6.07, 6.45) is 15.3.